The third kappa shape index (κ3) is 2.38. The summed E-state index contributed by atoms with van der Waals surface area (Å²) >= 11 is 1.34. The van der Waals surface area contributed by atoms with Gasteiger partial charge in [0.15, 0.2) is 0 Å². The van der Waals surface area contributed by atoms with E-state index in [1.807, 2.05) is 18.2 Å². The number of nitrogens with zero attached hydrogens (tertiary/aromatic N) is 1. The van der Waals surface area contributed by atoms with Gasteiger partial charge >= 0.3 is 0 Å². The quantitative estimate of drug-likeness (QED) is 0.876. The van der Waals surface area contributed by atoms with Crippen molar-refractivity contribution >= 4 is 17.2 Å². The lowest BCUT2D eigenvalue weighted by atomic mass is 10.3. The molecule has 0 aliphatic rings. The first-order chi connectivity index (χ1) is 7.77. The van der Waals surface area contributed by atoms with Crippen molar-refractivity contribution in [2.24, 2.45) is 5.73 Å². The van der Waals surface area contributed by atoms with E-state index in [9.17, 15) is 4.79 Å². The molecule has 1 amide bonds. The Bertz CT molecular complexity index is 456. The number of primary amides is 1. The number of thiazole rings is 1. The second-order valence-electron chi connectivity index (χ2n) is 3.08. The molecule has 2 aromatic rings. The maximum absolute atomic E-state index is 11.3. The smallest absolute Gasteiger partial charge is 0.265 e. The summed E-state index contributed by atoms with van der Waals surface area (Å²) in [6.07, 6.45) is 0.798. The number of para-hydroxylation sites is 1. The van der Waals surface area contributed by atoms with Crippen molar-refractivity contribution in [3.63, 3.8) is 0 Å². The van der Waals surface area contributed by atoms with Crippen molar-refractivity contribution in [2.75, 3.05) is 0 Å². The normalized spacial score (nSPS) is 12.0. The van der Waals surface area contributed by atoms with Crippen LogP contribution in [0.4, 0.5) is 0 Å². The van der Waals surface area contributed by atoms with E-state index in [2.05, 4.69) is 4.98 Å². The Hall–Kier alpha value is -1.88. The summed E-state index contributed by atoms with van der Waals surface area (Å²) in [5.74, 6) is 0.0558. The molecule has 0 fully saturated rings. The van der Waals surface area contributed by atoms with Gasteiger partial charge in [0.2, 0.25) is 6.10 Å². The molecule has 1 aromatic carbocycles. The Kier molecular flexibility index (Phi) is 3.16. The highest BCUT2D eigenvalue weighted by molar-refractivity contribution is 7.09. The average Bonchev–Trinajstić information content (AvgIpc) is 2.80. The molecule has 1 unspecified atom stereocenters. The highest BCUT2D eigenvalue weighted by Gasteiger charge is 2.22. The molecule has 2 N–H and O–H groups in total. The monoisotopic (exact) mass is 234 g/mol. The van der Waals surface area contributed by atoms with Crippen molar-refractivity contribution in [3.05, 3.63) is 46.9 Å². The van der Waals surface area contributed by atoms with Crippen molar-refractivity contribution in [2.45, 2.75) is 6.10 Å². The van der Waals surface area contributed by atoms with Gasteiger partial charge in [0, 0.05) is 11.6 Å². The van der Waals surface area contributed by atoms with Crippen molar-refractivity contribution in [1.29, 1.82) is 0 Å². The van der Waals surface area contributed by atoms with Crippen LogP contribution >= 0.6 is 11.3 Å². The zero-order chi connectivity index (χ0) is 11.4. The number of rotatable bonds is 4. The molecule has 0 spiro atoms. The SMILES string of the molecule is NC(=O)C(Oc1ccccc1)c1nccs1. The Morgan fingerprint density at radius 3 is 2.69 bits per heavy atom. The summed E-state index contributed by atoms with van der Waals surface area (Å²) in [6, 6.07) is 9.06. The summed E-state index contributed by atoms with van der Waals surface area (Å²) in [6.45, 7) is 0. The molecule has 0 bridgehead atoms. The van der Waals surface area contributed by atoms with Crippen LogP contribution in [0.25, 0.3) is 0 Å². The van der Waals surface area contributed by atoms with Crippen molar-refractivity contribution < 1.29 is 9.53 Å². The fourth-order valence-electron chi connectivity index (χ4n) is 1.23. The summed E-state index contributed by atoms with van der Waals surface area (Å²) in [5, 5.41) is 2.34. The number of hydrogen-bond donors (Lipinski definition) is 1. The predicted octanol–water partition coefficient (Wildman–Crippen LogP) is 1.75. The van der Waals surface area contributed by atoms with Crippen LogP contribution in [0.5, 0.6) is 5.75 Å². The largest absolute Gasteiger partial charge is 0.473 e. The molecule has 0 aliphatic heterocycles. The number of hydrogen-bond acceptors (Lipinski definition) is 4. The summed E-state index contributed by atoms with van der Waals surface area (Å²) in [4.78, 5) is 15.3. The second kappa shape index (κ2) is 4.76. The first-order valence-corrected chi connectivity index (χ1v) is 5.56. The Morgan fingerprint density at radius 2 is 2.12 bits per heavy atom. The number of nitrogens with two attached hydrogens (primary N) is 1. The van der Waals surface area contributed by atoms with Gasteiger partial charge in [-0.3, -0.25) is 4.79 Å². The third-order valence-electron chi connectivity index (χ3n) is 1.93. The van der Waals surface area contributed by atoms with E-state index < -0.39 is 12.0 Å². The Balaban J connectivity index is 2.19. The predicted molar refractivity (Wildman–Crippen MR) is 61.1 cm³/mol. The molecule has 4 nitrogen and oxygen atoms in total. The highest BCUT2D eigenvalue weighted by Crippen LogP contribution is 2.22. The lowest BCUT2D eigenvalue weighted by molar-refractivity contribution is -0.125. The van der Waals surface area contributed by atoms with E-state index >= 15 is 0 Å². The van der Waals surface area contributed by atoms with Crippen LogP contribution in [0, 0.1) is 0 Å². The Morgan fingerprint density at radius 1 is 1.38 bits per heavy atom. The molecule has 1 atom stereocenters. The van der Waals surface area contributed by atoms with E-state index in [4.69, 9.17) is 10.5 Å². The van der Waals surface area contributed by atoms with Gasteiger partial charge in [0.1, 0.15) is 10.8 Å². The lowest BCUT2D eigenvalue weighted by Gasteiger charge is -2.13. The van der Waals surface area contributed by atoms with E-state index in [0.717, 1.165) is 0 Å². The number of amides is 1. The van der Waals surface area contributed by atoms with Crippen LogP contribution < -0.4 is 10.5 Å². The van der Waals surface area contributed by atoms with Gasteiger partial charge in [-0.05, 0) is 12.1 Å². The first kappa shape index (κ1) is 10.6. The van der Waals surface area contributed by atoms with E-state index in [-0.39, 0.29) is 0 Å². The summed E-state index contributed by atoms with van der Waals surface area (Å²) < 4.78 is 5.49. The number of ether oxygens (including phenoxy) is 1. The molecule has 0 radical (unpaired) electrons. The van der Waals surface area contributed by atoms with E-state index in [1.54, 1.807) is 23.7 Å². The number of carbonyl (C=O) groups is 1. The minimum Gasteiger partial charge on any atom is -0.473 e. The number of aromatic nitrogens is 1. The average molecular weight is 234 g/mol. The summed E-state index contributed by atoms with van der Waals surface area (Å²) in [5.41, 5.74) is 5.28. The van der Waals surface area contributed by atoms with Crippen LogP contribution in [-0.4, -0.2) is 10.9 Å². The molecule has 2 rings (SSSR count). The van der Waals surface area contributed by atoms with Gasteiger partial charge in [0.05, 0.1) is 0 Å². The van der Waals surface area contributed by atoms with Crippen LogP contribution in [0.3, 0.4) is 0 Å². The van der Waals surface area contributed by atoms with Crippen LogP contribution in [0.1, 0.15) is 11.1 Å². The summed E-state index contributed by atoms with van der Waals surface area (Å²) in [7, 11) is 0. The molecule has 82 valence electrons. The number of benzene rings is 1. The van der Waals surface area contributed by atoms with Gasteiger partial charge in [-0.1, -0.05) is 18.2 Å². The van der Waals surface area contributed by atoms with E-state index in [1.165, 1.54) is 11.3 Å². The third-order valence-corrected chi connectivity index (χ3v) is 2.75. The fourth-order valence-corrected chi connectivity index (χ4v) is 1.90. The first-order valence-electron chi connectivity index (χ1n) is 4.68. The van der Waals surface area contributed by atoms with Crippen LogP contribution in [0.2, 0.25) is 0 Å². The van der Waals surface area contributed by atoms with Gasteiger partial charge in [-0.25, -0.2) is 4.98 Å². The topological polar surface area (TPSA) is 65.2 Å². The van der Waals surface area contributed by atoms with E-state index in [0.29, 0.717) is 10.8 Å². The highest BCUT2D eigenvalue weighted by atomic mass is 32.1. The molecule has 1 heterocycles. The zero-order valence-corrected chi connectivity index (χ0v) is 9.18. The van der Waals surface area contributed by atoms with Crippen molar-refractivity contribution in [1.82, 2.24) is 4.98 Å². The maximum atomic E-state index is 11.3. The number of carbonyl (C=O) groups excluding carboxylic acids is 1. The molecular formula is C11H10N2O2S. The fraction of sp³-hybridized carbons (Fsp3) is 0.0909. The minimum atomic E-state index is -0.817. The second-order valence-corrected chi connectivity index (χ2v) is 4.01. The maximum Gasteiger partial charge on any atom is 0.265 e. The molecule has 1 aromatic heterocycles. The molecule has 0 aliphatic carbocycles. The molecule has 16 heavy (non-hydrogen) atoms. The standard InChI is InChI=1S/C11H10N2O2S/c12-10(14)9(11-13-6-7-16-11)15-8-4-2-1-3-5-8/h1-7,9H,(H2,12,14). The zero-order valence-electron chi connectivity index (χ0n) is 8.37. The van der Waals surface area contributed by atoms with Gasteiger partial charge in [-0.2, -0.15) is 0 Å². The minimum absolute atomic E-state index is 0.543. The lowest BCUT2D eigenvalue weighted by Crippen LogP contribution is -2.25. The molecule has 0 saturated heterocycles. The molecule has 0 saturated carbocycles. The van der Waals surface area contributed by atoms with Gasteiger partial charge < -0.3 is 10.5 Å². The molecule has 5 heteroatoms. The molecular weight excluding hydrogens is 224 g/mol. The van der Waals surface area contributed by atoms with Crippen molar-refractivity contribution in [3.8, 4) is 5.75 Å². The van der Waals surface area contributed by atoms with Crippen LogP contribution in [-0.2, 0) is 4.79 Å². The Labute approximate surface area is 96.7 Å². The van der Waals surface area contributed by atoms with Crippen LogP contribution in [0.15, 0.2) is 41.9 Å². The van der Waals surface area contributed by atoms with Gasteiger partial charge in [-0.15, -0.1) is 11.3 Å². The van der Waals surface area contributed by atoms with Gasteiger partial charge in [0.25, 0.3) is 5.91 Å².